The molecule has 0 aromatic carbocycles. The smallest absolute Gasteiger partial charge is 0.326 e. The van der Waals surface area contributed by atoms with Crippen LogP contribution in [0, 0.1) is 5.92 Å². The van der Waals surface area contributed by atoms with Gasteiger partial charge >= 0.3 is 12.0 Å². The number of aryl methyl sites for hydroxylation is 1. The Hall–Kier alpha value is -2.05. The number of hydrogen-bond donors (Lipinski definition) is 3. The maximum atomic E-state index is 11.6. The summed E-state index contributed by atoms with van der Waals surface area (Å²) < 4.78 is 1.63. The molecule has 2 amide bonds. The minimum absolute atomic E-state index is 0.127. The van der Waals surface area contributed by atoms with Gasteiger partial charge in [0.25, 0.3) is 0 Å². The van der Waals surface area contributed by atoms with Gasteiger partial charge in [0, 0.05) is 13.2 Å². The van der Waals surface area contributed by atoms with Gasteiger partial charge in [-0.3, -0.25) is 4.68 Å². The summed E-state index contributed by atoms with van der Waals surface area (Å²) >= 11 is 0. The molecule has 0 radical (unpaired) electrons. The van der Waals surface area contributed by atoms with E-state index in [1.54, 1.807) is 30.9 Å². The van der Waals surface area contributed by atoms with Gasteiger partial charge in [-0.15, -0.1) is 0 Å². The van der Waals surface area contributed by atoms with Crippen molar-refractivity contribution < 1.29 is 14.7 Å². The quantitative estimate of drug-likeness (QED) is 0.708. The fourth-order valence-corrected chi connectivity index (χ4v) is 1.60. The minimum atomic E-state index is -1.03. The maximum Gasteiger partial charge on any atom is 0.326 e. The second kappa shape index (κ2) is 6.77. The predicted molar refractivity (Wildman–Crippen MR) is 69.5 cm³/mol. The van der Waals surface area contributed by atoms with E-state index in [0.717, 1.165) is 0 Å². The van der Waals surface area contributed by atoms with Gasteiger partial charge in [-0.2, -0.15) is 5.10 Å². The van der Waals surface area contributed by atoms with Crippen LogP contribution in [-0.4, -0.2) is 32.9 Å². The summed E-state index contributed by atoms with van der Waals surface area (Å²) in [5.41, 5.74) is 0.716. The lowest BCUT2D eigenvalue weighted by molar-refractivity contribution is -0.140. The van der Waals surface area contributed by atoms with Gasteiger partial charge in [0.1, 0.15) is 6.04 Å². The SMILES string of the molecule is CC[C@H](C)[C@H](NC(=O)NCc1ccn(C)n1)C(=O)O. The highest BCUT2D eigenvalue weighted by atomic mass is 16.4. The molecule has 0 saturated heterocycles. The van der Waals surface area contributed by atoms with Crippen molar-refractivity contribution in [2.45, 2.75) is 32.9 Å². The average Bonchev–Trinajstić information content (AvgIpc) is 2.78. The molecule has 1 rings (SSSR count). The van der Waals surface area contributed by atoms with E-state index in [0.29, 0.717) is 12.1 Å². The highest BCUT2D eigenvalue weighted by molar-refractivity contribution is 5.82. The molecule has 1 heterocycles. The maximum absolute atomic E-state index is 11.6. The summed E-state index contributed by atoms with van der Waals surface area (Å²) in [5.74, 6) is -1.15. The van der Waals surface area contributed by atoms with E-state index in [1.165, 1.54) is 0 Å². The largest absolute Gasteiger partial charge is 0.480 e. The number of carbonyl (C=O) groups excluding carboxylic acids is 1. The Morgan fingerprint density at radius 2 is 2.21 bits per heavy atom. The normalized spacial score (nSPS) is 13.6. The molecule has 0 aliphatic heterocycles. The van der Waals surface area contributed by atoms with Gasteiger partial charge in [-0.1, -0.05) is 20.3 Å². The van der Waals surface area contributed by atoms with Crippen molar-refractivity contribution >= 4 is 12.0 Å². The number of urea groups is 1. The number of nitrogens with zero attached hydrogens (tertiary/aromatic N) is 2. The Balaban J connectivity index is 2.46. The summed E-state index contributed by atoms with van der Waals surface area (Å²) in [6, 6.07) is 0.399. The second-order valence-electron chi connectivity index (χ2n) is 4.51. The molecule has 0 aliphatic rings. The number of amides is 2. The fraction of sp³-hybridized carbons (Fsp3) is 0.583. The summed E-state index contributed by atoms with van der Waals surface area (Å²) in [5, 5.41) is 18.2. The molecule has 0 saturated carbocycles. The first-order valence-electron chi connectivity index (χ1n) is 6.19. The molecule has 3 N–H and O–H groups in total. The third kappa shape index (κ3) is 4.61. The van der Waals surface area contributed by atoms with E-state index in [2.05, 4.69) is 15.7 Å². The van der Waals surface area contributed by atoms with Crippen LogP contribution in [0.2, 0.25) is 0 Å². The fourth-order valence-electron chi connectivity index (χ4n) is 1.60. The zero-order valence-electron chi connectivity index (χ0n) is 11.4. The lowest BCUT2D eigenvalue weighted by Gasteiger charge is -2.20. The van der Waals surface area contributed by atoms with E-state index < -0.39 is 18.0 Å². The summed E-state index contributed by atoms with van der Waals surface area (Å²) in [4.78, 5) is 22.7. The zero-order chi connectivity index (χ0) is 14.4. The molecule has 0 unspecified atom stereocenters. The van der Waals surface area contributed by atoms with Crippen LogP contribution in [-0.2, 0) is 18.4 Å². The van der Waals surface area contributed by atoms with Crippen LogP contribution >= 0.6 is 0 Å². The molecule has 7 heteroatoms. The predicted octanol–water partition coefficient (Wildman–Crippen LogP) is 0.719. The molecule has 0 fully saturated rings. The molecular formula is C12H20N4O3. The van der Waals surface area contributed by atoms with Gasteiger partial charge in [0.2, 0.25) is 0 Å². The van der Waals surface area contributed by atoms with Crippen molar-refractivity contribution in [3.05, 3.63) is 18.0 Å². The van der Waals surface area contributed by atoms with Crippen molar-refractivity contribution in [1.82, 2.24) is 20.4 Å². The van der Waals surface area contributed by atoms with Gasteiger partial charge in [-0.05, 0) is 12.0 Å². The topological polar surface area (TPSA) is 96.3 Å². The van der Waals surface area contributed by atoms with Crippen LogP contribution in [0.1, 0.15) is 26.0 Å². The zero-order valence-corrected chi connectivity index (χ0v) is 11.4. The molecule has 106 valence electrons. The standard InChI is InChI=1S/C12H20N4O3/c1-4-8(2)10(11(17)18)14-12(19)13-7-9-5-6-16(3)15-9/h5-6,8,10H,4,7H2,1-3H3,(H,17,18)(H2,13,14,19)/t8-,10-/m0/s1. The number of rotatable bonds is 6. The number of nitrogens with one attached hydrogen (secondary N) is 2. The number of aliphatic carboxylic acids is 1. The molecule has 1 aromatic rings. The van der Waals surface area contributed by atoms with Gasteiger partial charge in [0.05, 0.1) is 12.2 Å². The highest BCUT2D eigenvalue weighted by Gasteiger charge is 2.25. The Bertz CT molecular complexity index is 444. The molecule has 0 aliphatic carbocycles. The number of carboxylic acids is 1. The average molecular weight is 268 g/mol. The number of carbonyl (C=O) groups is 2. The van der Waals surface area contributed by atoms with Crippen molar-refractivity contribution in [3.63, 3.8) is 0 Å². The van der Waals surface area contributed by atoms with Crippen molar-refractivity contribution in [1.29, 1.82) is 0 Å². The first-order valence-corrected chi connectivity index (χ1v) is 6.19. The van der Waals surface area contributed by atoms with Crippen molar-refractivity contribution in [3.8, 4) is 0 Å². The van der Waals surface area contributed by atoms with Gasteiger partial charge in [-0.25, -0.2) is 9.59 Å². The minimum Gasteiger partial charge on any atom is -0.480 e. The number of carboxylic acid groups (broad SMARTS) is 1. The van der Waals surface area contributed by atoms with Crippen LogP contribution in [0.4, 0.5) is 4.79 Å². The first-order chi connectivity index (χ1) is 8.93. The van der Waals surface area contributed by atoms with Gasteiger partial charge in [0.15, 0.2) is 0 Å². The highest BCUT2D eigenvalue weighted by Crippen LogP contribution is 2.07. The van der Waals surface area contributed by atoms with E-state index in [4.69, 9.17) is 5.11 Å². The first kappa shape index (κ1) is 15.0. The lowest BCUT2D eigenvalue weighted by Crippen LogP contribution is -2.48. The molecular weight excluding hydrogens is 248 g/mol. The van der Waals surface area contributed by atoms with Crippen LogP contribution in [0.25, 0.3) is 0 Å². The number of aromatic nitrogens is 2. The van der Waals surface area contributed by atoms with Crippen LogP contribution in [0.5, 0.6) is 0 Å². The van der Waals surface area contributed by atoms with E-state index in [9.17, 15) is 9.59 Å². The molecule has 0 spiro atoms. The van der Waals surface area contributed by atoms with E-state index in [1.807, 2.05) is 6.92 Å². The lowest BCUT2D eigenvalue weighted by atomic mass is 9.99. The third-order valence-corrected chi connectivity index (χ3v) is 2.96. The Labute approximate surface area is 112 Å². The summed E-state index contributed by atoms with van der Waals surface area (Å²) in [6.07, 6.45) is 2.45. The molecule has 0 bridgehead atoms. The number of hydrogen-bond acceptors (Lipinski definition) is 3. The Kier molecular flexibility index (Phi) is 5.35. The molecule has 19 heavy (non-hydrogen) atoms. The monoisotopic (exact) mass is 268 g/mol. The molecule has 7 nitrogen and oxygen atoms in total. The van der Waals surface area contributed by atoms with E-state index >= 15 is 0 Å². The Morgan fingerprint density at radius 3 is 2.68 bits per heavy atom. The molecule has 1 aromatic heterocycles. The third-order valence-electron chi connectivity index (χ3n) is 2.96. The van der Waals surface area contributed by atoms with Crippen LogP contribution < -0.4 is 10.6 Å². The Morgan fingerprint density at radius 1 is 1.53 bits per heavy atom. The van der Waals surface area contributed by atoms with Gasteiger partial charge < -0.3 is 15.7 Å². The van der Waals surface area contributed by atoms with Crippen molar-refractivity contribution in [2.75, 3.05) is 0 Å². The van der Waals surface area contributed by atoms with E-state index in [-0.39, 0.29) is 12.5 Å². The summed E-state index contributed by atoms with van der Waals surface area (Å²) in [7, 11) is 1.78. The second-order valence-corrected chi connectivity index (χ2v) is 4.51. The summed E-state index contributed by atoms with van der Waals surface area (Å²) in [6.45, 7) is 3.94. The molecule has 2 atom stereocenters. The van der Waals surface area contributed by atoms with Crippen LogP contribution in [0.15, 0.2) is 12.3 Å². The van der Waals surface area contributed by atoms with Crippen LogP contribution in [0.3, 0.4) is 0 Å². The van der Waals surface area contributed by atoms with Crippen molar-refractivity contribution in [2.24, 2.45) is 13.0 Å².